The van der Waals surface area contributed by atoms with Crippen molar-refractivity contribution in [2.24, 2.45) is 7.05 Å². The molecule has 20 heavy (non-hydrogen) atoms. The first-order chi connectivity index (χ1) is 9.52. The maximum atomic E-state index is 11.0. The normalized spacial score (nSPS) is 10.6. The quantitative estimate of drug-likeness (QED) is 0.885. The summed E-state index contributed by atoms with van der Waals surface area (Å²) in [6, 6.07) is 1.37. The maximum Gasteiger partial charge on any atom is 0.337 e. The van der Waals surface area contributed by atoms with Gasteiger partial charge in [0.05, 0.1) is 16.3 Å². The number of halogens is 1. The molecule has 0 aliphatic heterocycles. The molecule has 0 atom stereocenters. The topological polar surface area (TPSA) is 80.0 Å². The van der Waals surface area contributed by atoms with E-state index in [1.165, 1.54) is 12.3 Å². The van der Waals surface area contributed by atoms with Crippen LogP contribution in [-0.2, 0) is 20.0 Å². The highest BCUT2D eigenvalue weighted by molar-refractivity contribution is 6.35. The van der Waals surface area contributed by atoms with Gasteiger partial charge in [0.15, 0.2) is 0 Å². The van der Waals surface area contributed by atoms with Gasteiger partial charge in [0.25, 0.3) is 0 Å². The second kappa shape index (κ2) is 5.92. The number of pyridine rings is 1. The molecule has 0 aliphatic rings. The fourth-order valence-corrected chi connectivity index (χ4v) is 2.20. The molecule has 0 unspecified atom stereocenters. The number of hydrogen-bond acceptors (Lipinski definition) is 4. The van der Waals surface area contributed by atoms with Crippen molar-refractivity contribution in [3.63, 3.8) is 0 Å². The summed E-state index contributed by atoms with van der Waals surface area (Å²) in [4.78, 5) is 15.1. The molecule has 7 heteroatoms. The first-order valence-electron chi connectivity index (χ1n) is 6.16. The van der Waals surface area contributed by atoms with Crippen LogP contribution < -0.4 is 5.32 Å². The molecule has 2 aromatic heterocycles. The predicted molar refractivity (Wildman–Crippen MR) is 76.1 cm³/mol. The van der Waals surface area contributed by atoms with Gasteiger partial charge in [-0.05, 0) is 12.5 Å². The van der Waals surface area contributed by atoms with Gasteiger partial charge in [-0.3, -0.25) is 4.68 Å². The van der Waals surface area contributed by atoms with Crippen LogP contribution in [0.4, 0.5) is 5.82 Å². The number of rotatable bonds is 5. The van der Waals surface area contributed by atoms with E-state index in [4.69, 9.17) is 16.7 Å². The van der Waals surface area contributed by atoms with Crippen LogP contribution in [0.2, 0.25) is 5.02 Å². The summed E-state index contributed by atoms with van der Waals surface area (Å²) in [5.74, 6) is -0.714. The number of aromatic carboxylic acids is 1. The van der Waals surface area contributed by atoms with Gasteiger partial charge < -0.3 is 10.4 Å². The van der Waals surface area contributed by atoms with Crippen LogP contribution in [0.15, 0.2) is 18.5 Å². The van der Waals surface area contributed by atoms with Crippen LogP contribution in [0.5, 0.6) is 0 Å². The molecular weight excluding hydrogens is 280 g/mol. The molecule has 0 aromatic carbocycles. The minimum atomic E-state index is -1.07. The van der Waals surface area contributed by atoms with Crippen molar-refractivity contribution in [1.29, 1.82) is 0 Å². The van der Waals surface area contributed by atoms with Gasteiger partial charge >= 0.3 is 5.97 Å². The highest BCUT2D eigenvalue weighted by atomic mass is 35.5. The van der Waals surface area contributed by atoms with E-state index in [9.17, 15) is 4.79 Å². The molecule has 6 nitrogen and oxygen atoms in total. The fraction of sp³-hybridized carbons (Fsp3) is 0.308. The molecule has 0 saturated carbocycles. The van der Waals surface area contributed by atoms with Crippen LogP contribution in [0, 0.1) is 0 Å². The van der Waals surface area contributed by atoms with Gasteiger partial charge in [0, 0.05) is 31.5 Å². The van der Waals surface area contributed by atoms with E-state index in [0.29, 0.717) is 12.4 Å². The van der Waals surface area contributed by atoms with Gasteiger partial charge in [0.2, 0.25) is 0 Å². The maximum absolute atomic E-state index is 11.0. The SMILES string of the molecule is CCc1nn(C)cc1CNc1nccc(C(=O)O)c1Cl. The lowest BCUT2D eigenvalue weighted by Gasteiger charge is -2.08. The summed E-state index contributed by atoms with van der Waals surface area (Å²) in [6.07, 6.45) is 4.16. The summed E-state index contributed by atoms with van der Waals surface area (Å²) in [5.41, 5.74) is 2.06. The van der Waals surface area contributed by atoms with E-state index in [2.05, 4.69) is 15.4 Å². The van der Waals surface area contributed by atoms with Gasteiger partial charge in [-0.15, -0.1) is 0 Å². The van der Waals surface area contributed by atoms with Gasteiger partial charge in [-0.1, -0.05) is 18.5 Å². The summed E-state index contributed by atoms with van der Waals surface area (Å²) in [5, 5.41) is 16.5. The van der Waals surface area contributed by atoms with E-state index < -0.39 is 5.97 Å². The zero-order valence-corrected chi connectivity index (χ0v) is 12.0. The molecule has 2 aromatic rings. The first-order valence-corrected chi connectivity index (χ1v) is 6.53. The van der Waals surface area contributed by atoms with Crippen molar-refractivity contribution in [3.8, 4) is 0 Å². The lowest BCUT2D eigenvalue weighted by molar-refractivity contribution is 0.0697. The van der Waals surface area contributed by atoms with E-state index >= 15 is 0 Å². The average molecular weight is 295 g/mol. The Morgan fingerprint density at radius 1 is 1.55 bits per heavy atom. The largest absolute Gasteiger partial charge is 0.478 e. The van der Waals surface area contributed by atoms with Crippen molar-refractivity contribution in [3.05, 3.63) is 40.3 Å². The lowest BCUT2D eigenvalue weighted by atomic mass is 10.2. The first kappa shape index (κ1) is 14.3. The van der Waals surface area contributed by atoms with E-state index in [0.717, 1.165) is 17.7 Å². The molecule has 0 spiro atoms. The van der Waals surface area contributed by atoms with E-state index in [1.807, 2.05) is 20.2 Å². The zero-order chi connectivity index (χ0) is 14.7. The Labute approximate surface area is 121 Å². The molecule has 2 heterocycles. The molecule has 0 fully saturated rings. The Hall–Kier alpha value is -2.08. The zero-order valence-electron chi connectivity index (χ0n) is 11.2. The summed E-state index contributed by atoms with van der Waals surface area (Å²) >= 11 is 6.02. The highest BCUT2D eigenvalue weighted by Crippen LogP contribution is 2.24. The van der Waals surface area contributed by atoms with E-state index in [1.54, 1.807) is 4.68 Å². The van der Waals surface area contributed by atoms with Gasteiger partial charge in [-0.2, -0.15) is 5.10 Å². The molecule has 0 amide bonds. The second-order valence-corrected chi connectivity index (χ2v) is 4.69. The number of hydrogen-bond donors (Lipinski definition) is 2. The molecule has 2 rings (SSSR count). The summed E-state index contributed by atoms with van der Waals surface area (Å²) in [7, 11) is 1.86. The monoisotopic (exact) mass is 294 g/mol. The molecule has 106 valence electrons. The van der Waals surface area contributed by atoms with Crippen LogP contribution in [0.25, 0.3) is 0 Å². The number of carboxylic acids is 1. The van der Waals surface area contributed by atoms with Crippen LogP contribution >= 0.6 is 11.6 Å². The lowest BCUT2D eigenvalue weighted by Crippen LogP contribution is -2.06. The standard InChI is InChI=1S/C13H15ClN4O2/c1-3-10-8(7-18(2)17-10)6-16-12-11(14)9(13(19)20)4-5-15-12/h4-5,7H,3,6H2,1-2H3,(H,15,16)(H,19,20). The average Bonchev–Trinajstić information content (AvgIpc) is 2.77. The van der Waals surface area contributed by atoms with Crippen molar-refractivity contribution in [2.75, 3.05) is 5.32 Å². The molecule has 0 saturated heterocycles. The fourth-order valence-electron chi connectivity index (χ4n) is 1.94. The molecule has 0 radical (unpaired) electrons. The van der Waals surface area contributed by atoms with Crippen LogP contribution in [0.1, 0.15) is 28.5 Å². The Morgan fingerprint density at radius 3 is 2.95 bits per heavy atom. The third-order valence-corrected chi connectivity index (χ3v) is 3.28. The second-order valence-electron chi connectivity index (χ2n) is 4.31. The van der Waals surface area contributed by atoms with Crippen LogP contribution in [-0.4, -0.2) is 25.8 Å². The Balaban J connectivity index is 2.19. The molecular formula is C13H15ClN4O2. The number of anilines is 1. The Kier molecular flexibility index (Phi) is 4.24. The van der Waals surface area contributed by atoms with Crippen molar-refractivity contribution in [2.45, 2.75) is 19.9 Å². The number of aromatic nitrogens is 3. The smallest absolute Gasteiger partial charge is 0.337 e. The van der Waals surface area contributed by atoms with Gasteiger partial charge in [-0.25, -0.2) is 9.78 Å². The molecule has 0 aliphatic carbocycles. The third-order valence-electron chi connectivity index (χ3n) is 2.89. The highest BCUT2D eigenvalue weighted by Gasteiger charge is 2.14. The van der Waals surface area contributed by atoms with Crippen LogP contribution in [0.3, 0.4) is 0 Å². The summed E-state index contributed by atoms with van der Waals surface area (Å²) < 4.78 is 1.75. The summed E-state index contributed by atoms with van der Waals surface area (Å²) in [6.45, 7) is 2.52. The van der Waals surface area contributed by atoms with Crippen molar-refractivity contribution >= 4 is 23.4 Å². The molecule has 2 N–H and O–H groups in total. The number of carbonyl (C=O) groups is 1. The third kappa shape index (κ3) is 2.91. The predicted octanol–water partition coefficient (Wildman–Crippen LogP) is 2.34. The van der Waals surface area contributed by atoms with E-state index in [-0.39, 0.29) is 10.6 Å². The van der Waals surface area contributed by atoms with Crippen molar-refractivity contribution < 1.29 is 9.90 Å². The number of nitrogens with zero attached hydrogens (tertiary/aromatic N) is 3. The minimum absolute atomic E-state index is 0.0334. The Morgan fingerprint density at radius 2 is 2.30 bits per heavy atom. The van der Waals surface area contributed by atoms with Crippen molar-refractivity contribution in [1.82, 2.24) is 14.8 Å². The molecule has 0 bridgehead atoms. The van der Waals surface area contributed by atoms with Gasteiger partial charge in [0.1, 0.15) is 5.82 Å². The number of nitrogens with one attached hydrogen (secondary N) is 1. The minimum Gasteiger partial charge on any atom is -0.478 e. The number of carboxylic acid groups (broad SMARTS) is 1. The Bertz CT molecular complexity index is 639. The number of aryl methyl sites for hydroxylation is 2.